The molecule has 0 saturated heterocycles. The number of hydrogen-bond donors (Lipinski definition) is 1. The van der Waals surface area contributed by atoms with Crippen LogP contribution >= 0.6 is 0 Å². The standard InChI is InChI=1S/C34H32N4O3/c1-2-3-22-40-31-20-16-28(17-21-31)34(39)36-35-23-29-24-38(30-12-8-5-9-13-30)37-33(29)27-14-18-32(19-15-27)41-25-26-10-6-4-7-11-26/h4-21,23-24H,2-3,22,25H2,1H3,(H,36,39)/b35-23-. The van der Waals surface area contributed by atoms with Gasteiger partial charge in [-0.1, -0.05) is 61.9 Å². The molecular weight excluding hydrogens is 512 g/mol. The van der Waals surface area contributed by atoms with Crippen molar-refractivity contribution in [2.75, 3.05) is 6.61 Å². The first-order valence-corrected chi connectivity index (χ1v) is 13.7. The van der Waals surface area contributed by atoms with Crippen LogP contribution in [0.1, 0.15) is 41.3 Å². The highest BCUT2D eigenvalue weighted by molar-refractivity contribution is 5.95. The molecule has 0 aliphatic carbocycles. The molecule has 5 aromatic rings. The number of hydrogen-bond acceptors (Lipinski definition) is 5. The lowest BCUT2D eigenvalue weighted by molar-refractivity contribution is 0.0955. The molecule has 0 fully saturated rings. The average Bonchev–Trinajstić information content (AvgIpc) is 3.46. The molecule has 0 bridgehead atoms. The second-order valence-electron chi connectivity index (χ2n) is 9.44. The second-order valence-corrected chi connectivity index (χ2v) is 9.44. The van der Waals surface area contributed by atoms with E-state index < -0.39 is 0 Å². The largest absolute Gasteiger partial charge is 0.494 e. The van der Waals surface area contributed by atoms with E-state index in [-0.39, 0.29) is 5.91 Å². The monoisotopic (exact) mass is 544 g/mol. The third-order valence-electron chi connectivity index (χ3n) is 6.39. The van der Waals surface area contributed by atoms with E-state index in [1.165, 1.54) is 0 Å². The van der Waals surface area contributed by atoms with Gasteiger partial charge in [-0.25, -0.2) is 10.1 Å². The maximum Gasteiger partial charge on any atom is 0.271 e. The third kappa shape index (κ3) is 7.48. The maximum absolute atomic E-state index is 12.7. The lowest BCUT2D eigenvalue weighted by atomic mass is 10.1. The first kappa shape index (κ1) is 27.4. The molecule has 7 heteroatoms. The summed E-state index contributed by atoms with van der Waals surface area (Å²) in [6.45, 7) is 3.27. The van der Waals surface area contributed by atoms with Crippen LogP contribution in [0, 0.1) is 0 Å². The van der Waals surface area contributed by atoms with Gasteiger partial charge in [0.05, 0.1) is 18.5 Å². The van der Waals surface area contributed by atoms with Crippen LogP contribution in [0.4, 0.5) is 0 Å². The first-order valence-electron chi connectivity index (χ1n) is 13.7. The van der Waals surface area contributed by atoms with Crippen LogP contribution in [0.15, 0.2) is 120 Å². The maximum atomic E-state index is 12.7. The van der Waals surface area contributed by atoms with Crippen molar-refractivity contribution in [3.8, 4) is 28.4 Å². The van der Waals surface area contributed by atoms with Crippen molar-refractivity contribution in [3.63, 3.8) is 0 Å². The number of aromatic nitrogens is 2. The smallest absolute Gasteiger partial charge is 0.271 e. The number of amides is 1. The summed E-state index contributed by atoms with van der Waals surface area (Å²) >= 11 is 0. The van der Waals surface area contributed by atoms with Crippen molar-refractivity contribution in [1.82, 2.24) is 15.2 Å². The van der Waals surface area contributed by atoms with Gasteiger partial charge in [-0.05, 0) is 72.6 Å². The first-order chi connectivity index (χ1) is 20.2. The predicted molar refractivity (Wildman–Crippen MR) is 162 cm³/mol. The molecule has 1 heterocycles. The number of nitrogens with one attached hydrogen (secondary N) is 1. The molecule has 4 aromatic carbocycles. The molecule has 0 unspecified atom stereocenters. The topological polar surface area (TPSA) is 77.7 Å². The summed E-state index contributed by atoms with van der Waals surface area (Å²) < 4.78 is 13.4. The summed E-state index contributed by atoms with van der Waals surface area (Å²) in [5, 5.41) is 9.07. The van der Waals surface area contributed by atoms with Crippen molar-refractivity contribution >= 4 is 12.1 Å². The Morgan fingerprint density at radius 3 is 2.22 bits per heavy atom. The molecule has 1 aromatic heterocycles. The predicted octanol–water partition coefficient (Wildman–Crippen LogP) is 7.06. The minimum absolute atomic E-state index is 0.307. The summed E-state index contributed by atoms with van der Waals surface area (Å²) in [5.74, 6) is 1.20. The number of carbonyl (C=O) groups is 1. The SMILES string of the molecule is CCCCOc1ccc(C(=O)N/N=C\c2cn(-c3ccccc3)nc2-c2ccc(OCc3ccccc3)cc2)cc1. The zero-order valence-electron chi connectivity index (χ0n) is 22.9. The van der Waals surface area contributed by atoms with Gasteiger partial charge in [0.15, 0.2) is 0 Å². The van der Waals surface area contributed by atoms with E-state index in [2.05, 4.69) is 17.5 Å². The molecule has 0 aliphatic rings. The van der Waals surface area contributed by atoms with Gasteiger partial charge in [-0.2, -0.15) is 10.2 Å². The number of rotatable bonds is 12. The van der Waals surface area contributed by atoms with E-state index in [1.54, 1.807) is 35.2 Å². The highest BCUT2D eigenvalue weighted by Crippen LogP contribution is 2.25. The number of unbranched alkanes of at least 4 members (excludes halogenated alkanes) is 1. The second kappa shape index (κ2) is 13.8. The van der Waals surface area contributed by atoms with Crippen LogP contribution in [0.25, 0.3) is 16.9 Å². The van der Waals surface area contributed by atoms with Crippen LogP contribution in [0.3, 0.4) is 0 Å². The fourth-order valence-corrected chi connectivity index (χ4v) is 4.13. The van der Waals surface area contributed by atoms with E-state index in [1.807, 2.05) is 91.1 Å². The Hall–Kier alpha value is -5.17. The van der Waals surface area contributed by atoms with Gasteiger partial charge in [0.25, 0.3) is 5.91 Å². The Morgan fingerprint density at radius 1 is 0.854 bits per heavy atom. The Balaban J connectivity index is 1.30. The highest BCUT2D eigenvalue weighted by atomic mass is 16.5. The molecule has 41 heavy (non-hydrogen) atoms. The van der Waals surface area contributed by atoms with Crippen molar-refractivity contribution in [2.24, 2.45) is 5.10 Å². The zero-order chi connectivity index (χ0) is 28.3. The van der Waals surface area contributed by atoms with Crippen molar-refractivity contribution in [1.29, 1.82) is 0 Å². The molecule has 0 spiro atoms. The fraction of sp³-hybridized carbons (Fsp3) is 0.147. The Kier molecular flexibility index (Phi) is 9.19. The minimum Gasteiger partial charge on any atom is -0.494 e. The molecular formula is C34H32N4O3. The van der Waals surface area contributed by atoms with E-state index in [4.69, 9.17) is 14.6 Å². The Morgan fingerprint density at radius 2 is 1.51 bits per heavy atom. The van der Waals surface area contributed by atoms with Crippen LogP contribution in [-0.2, 0) is 6.61 Å². The molecule has 0 aliphatic heterocycles. The highest BCUT2D eigenvalue weighted by Gasteiger charge is 2.12. The van der Waals surface area contributed by atoms with E-state index >= 15 is 0 Å². The summed E-state index contributed by atoms with van der Waals surface area (Å²) in [6.07, 6.45) is 5.56. The van der Waals surface area contributed by atoms with Gasteiger partial charge in [-0.3, -0.25) is 4.79 Å². The number of benzene rings is 4. The van der Waals surface area contributed by atoms with Crippen molar-refractivity contribution in [3.05, 3.63) is 132 Å². The number of ether oxygens (including phenoxy) is 2. The minimum atomic E-state index is -0.307. The molecule has 0 saturated carbocycles. The van der Waals surface area contributed by atoms with Gasteiger partial charge < -0.3 is 9.47 Å². The molecule has 0 atom stereocenters. The quantitative estimate of drug-likeness (QED) is 0.104. The van der Waals surface area contributed by atoms with Gasteiger partial charge in [-0.15, -0.1) is 0 Å². The number of carbonyl (C=O) groups excluding carboxylic acids is 1. The molecule has 5 rings (SSSR count). The van der Waals surface area contributed by atoms with Gasteiger partial charge in [0.1, 0.15) is 23.8 Å². The van der Waals surface area contributed by atoms with E-state index in [9.17, 15) is 4.79 Å². The normalized spacial score (nSPS) is 11.0. The molecule has 206 valence electrons. The summed E-state index contributed by atoms with van der Waals surface area (Å²) in [4.78, 5) is 12.7. The fourth-order valence-electron chi connectivity index (χ4n) is 4.13. The lowest BCUT2D eigenvalue weighted by Crippen LogP contribution is -2.17. The third-order valence-corrected chi connectivity index (χ3v) is 6.39. The van der Waals surface area contributed by atoms with Gasteiger partial charge >= 0.3 is 0 Å². The number of nitrogens with zero attached hydrogens (tertiary/aromatic N) is 3. The summed E-state index contributed by atoms with van der Waals surface area (Å²) in [7, 11) is 0. The molecule has 7 nitrogen and oxygen atoms in total. The zero-order valence-corrected chi connectivity index (χ0v) is 22.9. The van der Waals surface area contributed by atoms with Gasteiger partial charge in [0, 0.05) is 22.9 Å². The lowest BCUT2D eigenvalue weighted by Gasteiger charge is -2.07. The van der Waals surface area contributed by atoms with Crippen molar-refractivity contribution in [2.45, 2.75) is 26.4 Å². The number of para-hydroxylation sites is 1. The van der Waals surface area contributed by atoms with Crippen LogP contribution in [0.2, 0.25) is 0 Å². The van der Waals surface area contributed by atoms with Crippen LogP contribution in [0.5, 0.6) is 11.5 Å². The number of hydrazone groups is 1. The van der Waals surface area contributed by atoms with Gasteiger partial charge in [0.2, 0.25) is 0 Å². The molecule has 0 radical (unpaired) electrons. The van der Waals surface area contributed by atoms with Crippen LogP contribution < -0.4 is 14.9 Å². The summed E-state index contributed by atoms with van der Waals surface area (Å²) in [6, 6.07) is 34.7. The van der Waals surface area contributed by atoms with Crippen molar-refractivity contribution < 1.29 is 14.3 Å². The molecule has 1 amide bonds. The average molecular weight is 545 g/mol. The molecule has 1 N–H and O–H groups in total. The van der Waals surface area contributed by atoms with Crippen LogP contribution in [-0.4, -0.2) is 28.5 Å². The summed E-state index contributed by atoms with van der Waals surface area (Å²) in [5.41, 5.74) is 7.53. The Bertz CT molecular complexity index is 1560. The van der Waals surface area contributed by atoms with E-state index in [0.717, 1.165) is 52.4 Å². The van der Waals surface area contributed by atoms with E-state index in [0.29, 0.717) is 18.8 Å². The Labute approximate surface area is 240 Å².